The summed E-state index contributed by atoms with van der Waals surface area (Å²) < 4.78 is 33.5. The van der Waals surface area contributed by atoms with E-state index in [1.807, 2.05) is 30.3 Å². The lowest BCUT2D eigenvalue weighted by molar-refractivity contribution is -0.131. The predicted molar refractivity (Wildman–Crippen MR) is 163 cm³/mol. The van der Waals surface area contributed by atoms with Crippen LogP contribution in [0.5, 0.6) is 0 Å². The van der Waals surface area contributed by atoms with Gasteiger partial charge in [-0.25, -0.2) is 8.78 Å². The molecule has 3 amide bonds. The highest BCUT2D eigenvalue weighted by molar-refractivity contribution is 6.00. The van der Waals surface area contributed by atoms with Gasteiger partial charge in [-0.3, -0.25) is 19.7 Å². The number of aliphatic hydroxyl groups excluding tert-OH is 1. The van der Waals surface area contributed by atoms with Gasteiger partial charge in [-0.15, -0.1) is 0 Å². The summed E-state index contributed by atoms with van der Waals surface area (Å²) in [5.41, 5.74) is 2.32. The topological polar surface area (TPSA) is 111 Å². The van der Waals surface area contributed by atoms with E-state index in [9.17, 15) is 28.3 Å². The Bertz CT molecular complexity index is 1520. The Hall–Kier alpha value is -4.19. The predicted octanol–water partition coefficient (Wildman–Crippen LogP) is 3.18. The van der Waals surface area contributed by atoms with Crippen LogP contribution in [-0.2, 0) is 22.5 Å². The number of likely N-dealkylation sites (tertiary alicyclic amines) is 1. The molecule has 0 aliphatic carbocycles. The minimum atomic E-state index is -1.45. The first-order chi connectivity index (χ1) is 21.6. The zero-order chi connectivity index (χ0) is 32.1. The molecule has 0 saturated carbocycles. The summed E-state index contributed by atoms with van der Waals surface area (Å²) in [5.74, 6) is -2.78. The maximum absolute atomic E-state index is 14.1. The van der Waals surface area contributed by atoms with Crippen molar-refractivity contribution in [3.05, 3.63) is 106 Å². The van der Waals surface area contributed by atoms with Gasteiger partial charge in [-0.05, 0) is 73.2 Å². The minimum Gasteiger partial charge on any atom is -0.389 e. The Morgan fingerprint density at radius 3 is 2.47 bits per heavy atom. The van der Waals surface area contributed by atoms with Crippen LogP contribution in [0.3, 0.4) is 0 Å². The van der Waals surface area contributed by atoms with Crippen LogP contribution in [0.1, 0.15) is 50.2 Å². The molecule has 2 saturated heterocycles. The largest absolute Gasteiger partial charge is 0.389 e. The quantitative estimate of drug-likeness (QED) is 0.304. The second-order valence-corrected chi connectivity index (χ2v) is 11.8. The lowest BCUT2D eigenvalue weighted by atomic mass is 9.95. The summed E-state index contributed by atoms with van der Waals surface area (Å²) in [5, 5.41) is 17.3. The minimum absolute atomic E-state index is 0.0515. The maximum Gasteiger partial charge on any atom is 0.254 e. The molecule has 3 aromatic rings. The van der Waals surface area contributed by atoms with Gasteiger partial charge < -0.3 is 25.0 Å². The molecule has 4 atom stereocenters. The van der Waals surface area contributed by atoms with Crippen molar-refractivity contribution in [1.29, 1.82) is 0 Å². The molecule has 2 aliphatic rings. The molecule has 3 N–H and O–H groups in total. The second kappa shape index (κ2) is 14.3. The number of rotatable bonds is 11. The summed E-state index contributed by atoms with van der Waals surface area (Å²) in [6, 6.07) is 15.0. The van der Waals surface area contributed by atoms with Gasteiger partial charge >= 0.3 is 0 Å². The van der Waals surface area contributed by atoms with E-state index in [-0.39, 0.29) is 42.1 Å². The van der Waals surface area contributed by atoms with Crippen molar-refractivity contribution in [2.75, 3.05) is 26.9 Å². The van der Waals surface area contributed by atoms with E-state index >= 15 is 0 Å². The van der Waals surface area contributed by atoms with E-state index in [2.05, 4.69) is 10.6 Å². The molecule has 2 aliphatic heterocycles. The number of methoxy groups -OCH3 is 1. The fraction of sp³-hybridized carbons (Fsp3) is 0.382. The second-order valence-electron chi connectivity index (χ2n) is 11.8. The highest BCUT2D eigenvalue weighted by Gasteiger charge is 2.40. The summed E-state index contributed by atoms with van der Waals surface area (Å²) in [6.07, 6.45) is 0.0836. The molecule has 9 nitrogen and oxygen atoms in total. The third kappa shape index (κ3) is 7.73. The molecule has 0 radical (unpaired) electrons. The van der Waals surface area contributed by atoms with Gasteiger partial charge in [0.05, 0.1) is 31.5 Å². The number of benzene rings is 3. The van der Waals surface area contributed by atoms with Gasteiger partial charge in [0.25, 0.3) is 11.8 Å². The molecule has 2 fully saturated rings. The molecule has 3 aromatic carbocycles. The Morgan fingerprint density at radius 2 is 1.76 bits per heavy atom. The van der Waals surface area contributed by atoms with Crippen LogP contribution >= 0.6 is 0 Å². The van der Waals surface area contributed by atoms with Crippen molar-refractivity contribution in [2.45, 2.75) is 57.0 Å². The Labute approximate surface area is 261 Å². The number of nitrogens with one attached hydrogen (secondary N) is 2. The number of aryl methyl sites for hydroxylation is 1. The van der Waals surface area contributed by atoms with Gasteiger partial charge in [-0.2, -0.15) is 0 Å². The van der Waals surface area contributed by atoms with E-state index in [1.54, 1.807) is 36.0 Å². The smallest absolute Gasteiger partial charge is 0.254 e. The molecule has 238 valence electrons. The first-order valence-electron chi connectivity index (χ1n) is 15.0. The maximum atomic E-state index is 14.1. The molecule has 5 rings (SSSR count). The normalized spacial score (nSPS) is 19.5. The van der Waals surface area contributed by atoms with Gasteiger partial charge in [0.2, 0.25) is 5.91 Å². The average molecular weight is 621 g/mol. The van der Waals surface area contributed by atoms with Crippen molar-refractivity contribution in [1.82, 2.24) is 20.4 Å². The number of aliphatic hydroxyl groups is 1. The molecule has 0 spiro atoms. The Kier molecular flexibility index (Phi) is 10.2. The third-order valence-electron chi connectivity index (χ3n) is 8.33. The van der Waals surface area contributed by atoms with Crippen molar-refractivity contribution in [3.8, 4) is 0 Å². The fourth-order valence-corrected chi connectivity index (χ4v) is 6.17. The first kappa shape index (κ1) is 32.2. The fourth-order valence-electron chi connectivity index (χ4n) is 6.17. The zero-order valence-corrected chi connectivity index (χ0v) is 25.3. The number of amides is 3. The van der Waals surface area contributed by atoms with Crippen LogP contribution in [0.15, 0.2) is 66.7 Å². The van der Waals surface area contributed by atoms with E-state index in [4.69, 9.17) is 4.74 Å². The lowest BCUT2D eigenvalue weighted by Crippen LogP contribution is -2.54. The number of nitrogens with zero attached hydrogens (tertiary/aromatic N) is 2. The Balaban J connectivity index is 1.37. The first-order valence-corrected chi connectivity index (χ1v) is 15.0. The summed E-state index contributed by atoms with van der Waals surface area (Å²) >= 11 is 0. The zero-order valence-electron chi connectivity index (χ0n) is 25.3. The monoisotopic (exact) mass is 620 g/mol. The van der Waals surface area contributed by atoms with Gasteiger partial charge in [0.1, 0.15) is 17.7 Å². The van der Waals surface area contributed by atoms with Crippen molar-refractivity contribution in [3.63, 3.8) is 0 Å². The highest BCUT2D eigenvalue weighted by atomic mass is 19.1. The van der Waals surface area contributed by atoms with Crippen LogP contribution in [0.25, 0.3) is 0 Å². The van der Waals surface area contributed by atoms with Crippen LogP contribution in [0.4, 0.5) is 8.78 Å². The molecular formula is C34H38F2N4O5. The number of hydrogen-bond donors (Lipinski definition) is 3. The SMILES string of the molecule is COC[C@H]1CCCN1C(=O)c1cc(C)cc(C(=O)N[C@@H](Cc2cc(F)cc(F)c2)[C@H](O)[C@@H]2NCN(Cc3ccccc3)C2=O)c1. The van der Waals surface area contributed by atoms with Gasteiger partial charge in [0, 0.05) is 37.4 Å². The van der Waals surface area contributed by atoms with E-state index in [1.165, 1.54) is 6.07 Å². The van der Waals surface area contributed by atoms with Crippen LogP contribution < -0.4 is 10.6 Å². The molecule has 0 aromatic heterocycles. The summed E-state index contributed by atoms with van der Waals surface area (Å²) in [4.78, 5) is 43.8. The van der Waals surface area contributed by atoms with E-state index in [0.29, 0.717) is 30.8 Å². The number of carbonyl (C=O) groups is 3. The van der Waals surface area contributed by atoms with E-state index < -0.39 is 35.7 Å². The standard InChI is InChI=1S/C34H38F2N4O5/c1-21-11-24(16-25(12-21)33(43)40-10-6-9-28(40)19-45-2)32(42)38-29(15-23-13-26(35)17-27(36)14-23)31(41)30-34(44)39(20-37-30)18-22-7-4-3-5-8-22/h3-5,7-8,11-14,16-17,28-31,37,41H,6,9-10,15,18-20H2,1-2H3,(H,38,42)/t28-,29+,30+,31+/m1/s1. The molecule has 0 unspecified atom stereocenters. The van der Waals surface area contributed by atoms with Crippen LogP contribution in [-0.4, -0.2) is 83.8 Å². The molecule has 11 heteroatoms. The number of carbonyl (C=O) groups excluding carboxylic acids is 3. The number of hydrogen-bond acceptors (Lipinski definition) is 6. The summed E-state index contributed by atoms with van der Waals surface area (Å²) in [7, 11) is 1.59. The van der Waals surface area contributed by atoms with Crippen molar-refractivity contribution in [2.24, 2.45) is 0 Å². The summed E-state index contributed by atoms with van der Waals surface area (Å²) in [6.45, 7) is 3.28. The third-order valence-corrected chi connectivity index (χ3v) is 8.33. The van der Waals surface area contributed by atoms with Crippen LogP contribution in [0, 0.1) is 18.6 Å². The van der Waals surface area contributed by atoms with Gasteiger partial charge in [0.15, 0.2) is 0 Å². The van der Waals surface area contributed by atoms with Crippen LogP contribution in [0.2, 0.25) is 0 Å². The van der Waals surface area contributed by atoms with E-state index in [0.717, 1.165) is 36.6 Å². The Morgan fingerprint density at radius 1 is 1.04 bits per heavy atom. The molecule has 2 heterocycles. The molecule has 45 heavy (non-hydrogen) atoms. The van der Waals surface area contributed by atoms with Crippen molar-refractivity contribution < 1.29 is 33.0 Å². The highest BCUT2D eigenvalue weighted by Crippen LogP contribution is 2.23. The van der Waals surface area contributed by atoms with Gasteiger partial charge in [-0.1, -0.05) is 30.3 Å². The molecule has 0 bridgehead atoms. The number of ether oxygens (including phenoxy) is 1. The molecular weight excluding hydrogens is 582 g/mol. The lowest BCUT2D eigenvalue weighted by Gasteiger charge is -2.28. The number of halogens is 2. The van der Waals surface area contributed by atoms with Crippen molar-refractivity contribution >= 4 is 17.7 Å². The average Bonchev–Trinajstić information content (AvgIpc) is 3.62.